The van der Waals surface area contributed by atoms with E-state index in [-0.39, 0.29) is 25.0 Å². The van der Waals surface area contributed by atoms with Gasteiger partial charge >= 0.3 is 12.2 Å². The molecule has 1 aromatic heterocycles. The summed E-state index contributed by atoms with van der Waals surface area (Å²) in [6.45, 7) is 1.29. The van der Waals surface area contributed by atoms with Gasteiger partial charge in [-0.2, -0.15) is 18.3 Å². The minimum atomic E-state index is -4.65. The van der Waals surface area contributed by atoms with Gasteiger partial charge in [0.1, 0.15) is 5.82 Å². The van der Waals surface area contributed by atoms with Crippen LogP contribution in [0.2, 0.25) is 0 Å². The van der Waals surface area contributed by atoms with Gasteiger partial charge in [0.05, 0.1) is 31.4 Å². The lowest BCUT2D eigenvalue weighted by Gasteiger charge is -2.40. The van der Waals surface area contributed by atoms with Crippen LogP contribution in [0.1, 0.15) is 29.2 Å². The molecule has 0 aliphatic carbocycles. The third-order valence-electron chi connectivity index (χ3n) is 5.43. The molecule has 6 nitrogen and oxygen atoms in total. The Labute approximate surface area is 164 Å². The Bertz CT molecular complexity index is 866. The maximum absolute atomic E-state index is 13.9. The van der Waals surface area contributed by atoms with Crippen molar-refractivity contribution in [2.75, 3.05) is 26.2 Å². The zero-order valence-corrected chi connectivity index (χ0v) is 15.5. The number of hydrogen-bond donors (Lipinski definition) is 1. The lowest BCUT2D eigenvalue weighted by Crippen LogP contribution is -2.58. The molecule has 156 valence electrons. The number of ether oxygens (including phenoxy) is 1. The summed E-state index contributed by atoms with van der Waals surface area (Å²) < 4.78 is 58.4. The van der Waals surface area contributed by atoms with E-state index < -0.39 is 35.8 Å². The standard InChI is InChI=1S/C19H20F4N4O2/c20-16-3-1-2-15(19(21,22)23)14(16)11-29-13-9-27(10-13)18(28)26-7-5-12(8-26)17-4-6-24-25-17/h1-4,6,12-13H,5,7-11H2,(H,24,25). The van der Waals surface area contributed by atoms with Crippen LogP contribution in [0.5, 0.6) is 0 Å². The van der Waals surface area contributed by atoms with E-state index in [4.69, 9.17) is 4.74 Å². The van der Waals surface area contributed by atoms with Crippen molar-refractivity contribution in [2.24, 2.45) is 0 Å². The molecule has 1 unspecified atom stereocenters. The van der Waals surface area contributed by atoms with Crippen molar-refractivity contribution in [3.8, 4) is 0 Å². The van der Waals surface area contributed by atoms with Crippen molar-refractivity contribution in [1.82, 2.24) is 20.0 Å². The molecule has 29 heavy (non-hydrogen) atoms. The first kappa shape index (κ1) is 19.7. The Morgan fingerprint density at radius 1 is 1.21 bits per heavy atom. The van der Waals surface area contributed by atoms with Crippen LogP contribution in [0.3, 0.4) is 0 Å². The van der Waals surface area contributed by atoms with Gasteiger partial charge in [-0.1, -0.05) is 6.07 Å². The number of aromatic nitrogens is 2. The van der Waals surface area contributed by atoms with Crippen molar-refractivity contribution in [3.63, 3.8) is 0 Å². The molecule has 4 rings (SSSR count). The number of halogens is 4. The maximum Gasteiger partial charge on any atom is 0.416 e. The number of urea groups is 1. The van der Waals surface area contributed by atoms with Crippen LogP contribution >= 0.6 is 0 Å². The number of likely N-dealkylation sites (tertiary alicyclic amines) is 2. The second kappa shape index (κ2) is 7.66. The molecule has 1 N–H and O–H groups in total. The quantitative estimate of drug-likeness (QED) is 0.784. The van der Waals surface area contributed by atoms with E-state index in [0.717, 1.165) is 30.3 Å². The lowest BCUT2D eigenvalue weighted by atomic mass is 10.1. The molecule has 2 aliphatic rings. The van der Waals surface area contributed by atoms with Crippen molar-refractivity contribution in [3.05, 3.63) is 53.1 Å². The van der Waals surface area contributed by atoms with Gasteiger partial charge in [0, 0.05) is 36.5 Å². The van der Waals surface area contributed by atoms with E-state index in [0.29, 0.717) is 13.1 Å². The van der Waals surface area contributed by atoms with Gasteiger partial charge in [0.25, 0.3) is 0 Å². The Kier molecular flexibility index (Phi) is 5.20. The summed E-state index contributed by atoms with van der Waals surface area (Å²) in [5, 5.41) is 6.85. The number of alkyl halides is 3. The zero-order chi connectivity index (χ0) is 20.6. The number of rotatable bonds is 4. The van der Waals surface area contributed by atoms with Crippen LogP contribution in [-0.2, 0) is 17.5 Å². The number of H-pyrrole nitrogens is 1. The minimum absolute atomic E-state index is 0.117. The number of carbonyl (C=O) groups is 1. The van der Waals surface area contributed by atoms with Gasteiger partial charge in [-0.15, -0.1) is 0 Å². The number of amides is 2. The highest BCUT2D eigenvalue weighted by molar-refractivity contribution is 5.76. The number of carbonyl (C=O) groups excluding carboxylic acids is 1. The topological polar surface area (TPSA) is 61.5 Å². The summed E-state index contributed by atoms with van der Waals surface area (Å²) in [6, 6.07) is 4.62. The molecule has 2 aliphatic heterocycles. The molecule has 10 heteroatoms. The van der Waals surface area contributed by atoms with Crippen molar-refractivity contribution in [2.45, 2.75) is 31.2 Å². The summed E-state index contributed by atoms with van der Waals surface area (Å²) in [7, 11) is 0. The molecule has 2 amide bonds. The monoisotopic (exact) mass is 412 g/mol. The van der Waals surface area contributed by atoms with E-state index >= 15 is 0 Å². The molecule has 2 saturated heterocycles. The summed E-state index contributed by atoms with van der Waals surface area (Å²) in [6.07, 6.45) is -2.54. The summed E-state index contributed by atoms with van der Waals surface area (Å²) in [5.74, 6) is -0.731. The number of hydrogen-bond acceptors (Lipinski definition) is 3. The predicted molar refractivity (Wildman–Crippen MR) is 94.5 cm³/mol. The van der Waals surface area contributed by atoms with Gasteiger partial charge in [0.15, 0.2) is 0 Å². The molecule has 3 heterocycles. The molecule has 1 aromatic carbocycles. The maximum atomic E-state index is 13.9. The van der Waals surface area contributed by atoms with Crippen molar-refractivity contribution in [1.29, 1.82) is 0 Å². The Morgan fingerprint density at radius 3 is 2.69 bits per heavy atom. The summed E-state index contributed by atoms with van der Waals surface area (Å²) in [5.41, 5.74) is -0.547. The highest BCUT2D eigenvalue weighted by atomic mass is 19.4. The SMILES string of the molecule is O=C(N1CC(OCc2c(F)cccc2C(F)(F)F)C1)N1CCC(c2ccn[nH]2)C1. The molecule has 2 aromatic rings. The van der Waals surface area contributed by atoms with Crippen LogP contribution < -0.4 is 0 Å². The number of aromatic amines is 1. The van der Waals surface area contributed by atoms with E-state index in [9.17, 15) is 22.4 Å². The van der Waals surface area contributed by atoms with Gasteiger partial charge in [-0.25, -0.2) is 9.18 Å². The van der Waals surface area contributed by atoms with Crippen LogP contribution in [0.25, 0.3) is 0 Å². The van der Waals surface area contributed by atoms with Crippen molar-refractivity contribution < 1.29 is 27.1 Å². The largest absolute Gasteiger partial charge is 0.416 e. The normalized spacial score (nSPS) is 20.2. The molecule has 0 spiro atoms. The fourth-order valence-electron chi connectivity index (χ4n) is 3.75. The number of nitrogens with one attached hydrogen (secondary N) is 1. The Morgan fingerprint density at radius 2 is 2.00 bits per heavy atom. The summed E-state index contributed by atoms with van der Waals surface area (Å²) >= 11 is 0. The molecule has 2 fully saturated rings. The van der Waals surface area contributed by atoms with Gasteiger partial charge < -0.3 is 14.5 Å². The fraction of sp³-hybridized carbons (Fsp3) is 0.474. The van der Waals surface area contributed by atoms with E-state index in [2.05, 4.69) is 10.2 Å². The smallest absolute Gasteiger partial charge is 0.370 e. The van der Waals surface area contributed by atoms with Crippen LogP contribution in [-0.4, -0.2) is 58.3 Å². The molecular formula is C19H20F4N4O2. The zero-order valence-electron chi connectivity index (χ0n) is 15.5. The molecule has 0 bridgehead atoms. The van der Waals surface area contributed by atoms with E-state index in [1.165, 1.54) is 0 Å². The molecule has 1 atom stereocenters. The Balaban J connectivity index is 1.28. The predicted octanol–water partition coefficient (Wildman–Crippen LogP) is 3.38. The first-order valence-electron chi connectivity index (χ1n) is 9.32. The number of benzene rings is 1. The third-order valence-corrected chi connectivity index (χ3v) is 5.43. The minimum Gasteiger partial charge on any atom is -0.370 e. The van der Waals surface area contributed by atoms with Gasteiger partial charge in [-0.05, 0) is 24.6 Å². The first-order valence-corrected chi connectivity index (χ1v) is 9.32. The molecular weight excluding hydrogens is 392 g/mol. The first-order chi connectivity index (χ1) is 13.8. The molecule has 0 saturated carbocycles. The fourth-order valence-corrected chi connectivity index (χ4v) is 3.75. The van der Waals surface area contributed by atoms with Crippen LogP contribution in [0.15, 0.2) is 30.5 Å². The van der Waals surface area contributed by atoms with Gasteiger partial charge in [-0.3, -0.25) is 5.10 Å². The second-order valence-corrected chi connectivity index (χ2v) is 7.33. The second-order valence-electron chi connectivity index (χ2n) is 7.33. The van der Waals surface area contributed by atoms with E-state index in [1.54, 1.807) is 16.0 Å². The van der Waals surface area contributed by atoms with Crippen LogP contribution in [0.4, 0.5) is 22.4 Å². The van der Waals surface area contributed by atoms with E-state index in [1.807, 2.05) is 6.07 Å². The number of nitrogens with zero attached hydrogens (tertiary/aromatic N) is 3. The highest BCUT2D eigenvalue weighted by Gasteiger charge is 2.38. The summed E-state index contributed by atoms with van der Waals surface area (Å²) in [4.78, 5) is 15.9. The molecule has 0 radical (unpaired) electrons. The Hall–Kier alpha value is -2.62. The third kappa shape index (κ3) is 4.07. The lowest BCUT2D eigenvalue weighted by molar-refractivity contribution is -0.140. The highest BCUT2D eigenvalue weighted by Crippen LogP contribution is 2.34. The average molecular weight is 412 g/mol. The van der Waals surface area contributed by atoms with Crippen molar-refractivity contribution >= 4 is 6.03 Å². The van der Waals surface area contributed by atoms with Crippen LogP contribution in [0, 0.1) is 5.82 Å². The van der Waals surface area contributed by atoms with Gasteiger partial charge in [0.2, 0.25) is 0 Å². The average Bonchev–Trinajstić information content (AvgIpc) is 3.31.